The van der Waals surface area contributed by atoms with E-state index in [1.807, 2.05) is 24.3 Å². The lowest BCUT2D eigenvalue weighted by molar-refractivity contribution is 0.0794. The molecule has 1 saturated heterocycles. The van der Waals surface area contributed by atoms with E-state index < -0.39 is 0 Å². The van der Waals surface area contributed by atoms with E-state index in [9.17, 15) is 4.79 Å². The van der Waals surface area contributed by atoms with Gasteiger partial charge in [-0.05, 0) is 12.5 Å². The molecule has 3 nitrogen and oxygen atoms in total. The fourth-order valence-electron chi connectivity index (χ4n) is 2.22. The van der Waals surface area contributed by atoms with E-state index in [0.29, 0.717) is 12.1 Å². The van der Waals surface area contributed by atoms with Crippen molar-refractivity contribution >= 4 is 28.5 Å². The maximum Gasteiger partial charge on any atom is 0.257 e. The summed E-state index contributed by atoms with van der Waals surface area (Å²) in [6.07, 6.45) is 2.40. The highest BCUT2D eigenvalue weighted by Crippen LogP contribution is 2.24. The van der Waals surface area contributed by atoms with Crippen LogP contribution in [0.15, 0.2) is 34.9 Å². The third-order valence-electron chi connectivity index (χ3n) is 3.13. The third-order valence-corrected chi connectivity index (χ3v) is 3.49. The minimum Gasteiger partial charge on any atom is -0.463 e. The molecule has 17 heavy (non-hydrogen) atoms. The molecule has 1 atom stereocenters. The summed E-state index contributed by atoms with van der Waals surface area (Å²) in [5.41, 5.74) is 1.38. The Bertz CT molecular complexity index is 563. The molecule has 0 spiro atoms. The van der Waals surface area contributed by atoms with Crippen LogP contribution in [0.2, 0.25) is 0 Å². The lowest BCUT2D eigenvalue weighted by atomic mass is 10.1. The number of hydrogen-bond donors (Lipinski definition) is 0. The minimum absolute atomic E-state index is 0.0121. The van der Waals surface area contributed by atoms with Crippen molar-refractivity contribution in [2.24, 2.45) is 0 Å². The van der Waals surface area contributed by atoms with Crippen molar-refractivity contribution in [3.8, 4) is 0 Å². The van der Waals surface area contributed by atoms with Crippen LogP contribution in [0.4, 0.5) is 0 Å². The average Bonchev–Trinajstić information content (AvgIpc) is 2.94. The Morgan fingerprint density at radius 2 is 2.24 bits per heavy atom. The van der Waals surface area contributed by atoms with E-state index >= 15 is 0 Å². The number of rotatable bonds is 1. The van der Waals surface area contributed by atoms with Crippen LogP contribution in [-0.2, 0) is 0 Å². The second-order valence-electron chi connectivity index (χ2n) is 4.28. The Morgan fingerprint density at radius 3 is 3.00 bits per heavy atom. The number of benzene rings is 1. The summed E-state index contributed by atoms with van der Waals surface area (Å²) in [5, 5.41) is 0.952. The van der Waals surface area contributed by atoms with Crippen molar-refractivity contribution in [1.29, 1.82) is 0 Å². The van der Waals surface area contributed by atoms with Gasteiger partial charge in [0.2, 0.25) is 0 Å². The van der Waals surface area contributed by atoms with Gasteiger partial charge in [-0.2, -0.15) is 0 Å². The van der Waals surface area contributed by atoms with Gasteiger partial charge in [-0.25, -0.2) is 0 Å². The summed E-state index contributed by atoms with van der Waals surface area (Å²) in [5.74, 6) is 0.0121. The molecule has 0 aliphatic carbocycles. The summed E-state index contributed by atoms with van der Waals surface area (Å²) < 4.78 is 5.38. The quantitative estimate of drug-likeness (QED) is 0.728. The first-order valence-electron chi connectivity index (χ1n) is 5.65. The average molecular weight is 250 g/mol. The molecule has 1 aromatic heterocycles. The number of halogens is 1. The number of alkyl halides is 1. The molecule has 2 heterocycles. The molecule has 1 aliphatic rings. The van der Waals surface area contributed by atoms with Crippen molar-refractivity contribution in [2.75, 3.05) is 13.1 Å². The number of para-hydroxylation sites is 1. The molecule has 0 radical (unpaired) electrons. The van der Waals surface area contributed by atoms with Gasteiger partial charge in [0.05, 0.1) is 10.9 Å². The monoisotopic (exact) mass is 249 g/mol. The number of carbonyl (C=O) groups is 1. The lowest BCUT2D eigenvalue weighted by Crippen LogP contribution is -2.28. The molecule has 1 amide bonds. The molecule has 88 valence electrons. The molecule has 1 aromatic carbocycles. The minimum atomic E-state index is 0.0121. The first kappa shape index (κ1) is 10.7. The summed E-state index contributed by atoms with van der Waals surface area (Å²) in [7, 11) is 0. The molecule has 2 aromatic rings. The Morgan fingerprint density at radius 1 is 1.41 bits per heavy atom. The molecule has 1 fully saturated rings. The van der Waals surface area contributed by atoms with Gasteiger partial charge in [-0.3, -0.25) is 4.79 Å². The summed E-state index contributed by atoms with van der Waals surface area (Å²) >= 11 is 6.01. The number of nitrogens with zero attached hydrogens (tertiary/aromatic N) is 1. The third kappa shape index (κ3) is 1.80. The lowest BCUT2D eigenvalue weighted by Gasteiger charge is -2.14. The number of amides is 1. The van der Waals surface area contributed by atoms with Crippen LogP contribution in [0, 0.1) is 0 Å². The molecule has 4 heteroatoms. The molecule has 1 unspecified atom stereocenters. The van der Waals surface area contributed by atoms with Crippen LogP contribution in [0.3, 0.4) is 0 Å². The molecule has 0 N–H and O–H groups in total. The van der Waals surface area contributed by atoms with Gasteiger partial charge in [-0.1, -0.05) is 18.2 Å². The number of furan rings is 1. The van der Waals surface area contributed by atoms with Gasteiger partial charge < -0.3 is 9.32 Å². The van der Waals surface area contributed by atoms with Crippen LogP contribution in [-0.4, -0.2) is 29.3 Å². The zero-order valence-electron chi connectivity index (χ0n) is 9.23. The molecule has 0 bridgehead atoms. The Kier molecular flexibility index (Phi) is 2.56. The highest BCUT2D eigenvalue weighted by molar-refractivity contribution is 6.21. The van der Waals surface area contributed by atoms with Crippen molar-refractivity contribution in [3.63, 3.8) is 0 Å². The SMILES string of the molecule is O=C(c1coc2ccccc12)N1CCC(Cl)C1. The van der Waals surface area contributed by atoms with Crippen LogP contribution in [0.25, 0.3) is 11.0 Å². The largest absolute Gasteiger partial charge is 0.463 e. The van der Waals surface area contributed by atoms with E-state index in [4.69, 9.17) is 16.0 Å². The highest BCUT2D eigenvalue weighted by Gasteiger charge is 2.27. The van der Waals surface area contributed by atoms with Crippen LogP contribution >= 0.6 is 11.6 Å². The van der Waals surface area contributed by atoms with E-state index in [2.05, 4.69) is 0 Å². The zero-order chi connectivity index (χ0) is 11.8. The zero-order valence-corrected chi connectivity index (χ0v) is 9.98. The van der Waals surface area contributed by atoms with Gasteiger partial charge in [0, 0.05) is 18.5 Å². The molecular weight excluding hydrogens is 238 g/mol. The van der Waals surface area contributed by atoms with Crippen LogP contribution in [0.5, 0.6) is 0 Å². The number of carbonyl (C=O) groups excluding carboxylic acids is 1. The molecular formula is C13H12ClNO2. The standard InChI is InChI=1S/C13H12ClNO2/c14-9-5-6-15(7-9)13(16)11-8-17-12-4-2-1-3-10(11)12/h1-4,8-9H,5-7H2. The molecule has 0 saturated carbocycles. The Balaban J connectivity index is 1.96. The van der Waals surface area contributed by atoms with E-state index in [1.54, 1.807) is 4.90 Å². The van der Waals surface area contributed by atoms with Crippen molar-refractivity contribution in [3.05, 3.63) is 36.1 Å². The Hall–Kier alpha value is -1.48. The van der Waals surface area contributed by atoms with E-state index in [0.717, 1.165) is 23.9 Å². The fourth-order valence-corrected chi connectivity index (χ4v) is 2.48. The maximum atomic E-state index is 12.3. The number of hydrogen-bond acceptors (Lipinski definition) is 2. The van der Waals surface area contributed by atoms with E-state index in [1.165, 1.54) is 6.26 Å². The highest BCUT2D eigenvalue weighted by atomic mass is 35.5. The van der Waals surface area contributed by atoms with Crippen LogP contribution < -0.4 is 0 Å². The van der Waals surface area contributed by atoms with Crippen molar-refractivity contribution < 1.29 is 9.21 Å². The second-order valence-corrected chi connectivity index (χ2v) is 4.90. The summed E-state index contributed by atoms with van der Waals surface area (Å²) in [6.45, 7) is 1.35. The maximum absolute atomic E-state index is 12.3. The number of fused-ring (bicyclic) bond motifs is 1. The van der Waals surface area contributed by atoms with E-state index in [-0.39, 0.29) is 11.3 Å². The predicted octanol–water partition coefficient (Wildman–Crippen LogP) is 2.89. The summed E-state index contributed by atoms with van der Waals surface area (Å²) in [4.78, 5) is 14.1. The molecule has 1 aliphatic heterocycles. The normalized spacial score (nSPS) is 20.1. The summed E-state index contributed by atoms with van der Waals surface area (Å²) in [6, 6.07) is 7.56. The van der Waals surface area contributed by atoms with Gasteiger partial charge in [0.15, 0.2) is 0 Å². The fraction of sp³-hybridized carbons (Fsp3) is 0.308. The van der Waals surface area contributed by atoms with Gasteiger partial charge in [-0.15, -0.1) is 11.6 Å². The van der Waals surface area contributed by atoms with Gasteiger partial charge in [0.25, 0.3) is 5.91 Å². The number of likely N-dealkylation sites (tertiary alicyclic amines) is 1. The predicted molar refractivity (Wildman–Crippen MR) is 66.4 cm³/mol. The van der Waals surface area contributed by atoms with Gasteiger partial charge >= 0.3 is 0 Å². The first-order valence-corrected chi connectivity index (χ1v) is 6.09. The van der Waals surface area contributed by atoms with Crippen molar-refractivity contribution in [2.45, 2.75) is 11.8 Å². The van der Waals surface area contributed by atoms with Gasteiger partial charge in [0.1, 0.15) is 11.8 Å². The second kappa shape index (κ2) is 4.08. The molecule has 3 rings (SSSR count). The Labute approximate surface area is 104 Å². The topological polar surface area (TPSA) is 33.5 Å². The van der Waals surface area contributed by atoms with Crippen LogP contribution in [0.1, 0.15) is 16.8 Å². The van der Waals surface area contributed by atoms with Crippen molar-refractivity contribution in [1.82, 2.24) is 4.90 Å². The smallest absolute Gasteiger partial charge is 0.257 e. The first-order chi connectivity index (χ1) is 8.25.